The van der Waals surface area contributed by atoms with Gasteiger partial charge in [0.2, 0.25) is 11.8 Å². The molecular formula is C18H20N4O9S. The molecule has 4 atom stereocenters. The third-order valence-corrected chi connectivity index (χ3v) is 5.99. The van der Waals surface area contributed by atoms with E-state index in [-0.39, 0.29) is 46.9 Å². The molecule has 0 bridgehead atoms. The summed E-state index contributed by atoms with van der Waals surface area (Å²) in [5, 5.41) is 9.62. The average Bonchev–Trinajstić information content (AvgIpc) is 3.32. The van der Waals surface area contributed by atoms with E-state index in [1.54, 1.807) is 6.92 Å². The van der Waals surface area contributed by atoms with Gasteiger partial charge in [-0.3, -0.25) is 14.2 Å². The molecule has 3 aromatic rings. The Bertz CT molecular complexity index is 1280. The average molecular weight is 468 g/mol. The number of nitrogen functional groups attached to an aromatic ring is 1. The van der Waals surface area contributed by atoms with Crippen LogP contribution in [0.25, 0.3) is 10.3 Å². The molecule has 0 radical (unpaired) electrons. The van der Waals surface area contributed by atoms with Crippen molar-refractivity contribution in [2.24, 2.45) is 5.92 Å². The van der Waals surface area contributed by atoms with Gasteiger partial charge < -0.3 is 33.9 Å². The van der Waals surface area contributed by atoms with Crippen molar-refractivity contribution in [2.45, 2.75) is 45.8 Å². The maximum Gasteiger partial charge on any atom is 0.519 e. The largest absolute Gasteiger partial charge is 0.519 e. The Morgan fingerprint density at radius 2 is 2.06 bits per heavy atom. The Labute approximate surface area is 183 Å². The fourth-order valence-corrected chi connectivity index (χ4v) is 4.39. The predicted octanol–water partition coefficient (Wildman–Crippen LogP) is 0.326. The van der Waals surface area contributed by atoms with E-state index in [9.17, 15) is 19.5 Å². The zero-order valence-corrected chi connectivity index (χ0v) is 18.1. The summed E-state index contributed by atoms with van der Waals surface area (Å²) in [6.45, 7) is 4.00. The van der Waals surface area contributed by atoms with Crippen LogP contribution in [0.1, 0.15) is 31.6 Å². The molecule has 14 heteroatoms. The Balaban J connectivity index is 1.75. The van der Waals surface area contributed by atoms with Crippen molar-refractivity contribution >= 4 is 33.6 Å². The van der Waals surface area contributed by atoms with E-state index < -0.39 is 41.0 Å². The van der Waals surface area contributed by atoms with Gasteiger partial charge in [0.05, 0.1) is 12.7 Å². The van der Waals surface area contributed by atoms with E-state index in [1.807, 2.05) is 0 Å². The van der Waals surface area contributed by atoms with Gasteiger partial charge in [-0.05, 0) is 6.92 Å². The van der Waals surface area contributed by atoms with Crippen LogP contribution in [0.15, 0.2) is 18.4 Å². The molecule has 0 unspecified atom stereocenters. The first kappa shape index (κ1) is 22.0. The molecule has 32 heavy (non-hydrogen) atoms. The number of aliphatic hydroxyl groups excluding tert-OH is 1. The van der Waals surface area contributed by atoms with Gasteiger partial charge in [-0.1, -0.05) is 18.3 Å². The number of nitrogens with zero attached hydrogens (tertiary/aromatic N) is 3. The van der Waals surface area contributed by atoms with Crippen molar-refractivity contribution < 1.29 is 32.9 Å². The van der Waals surface area contributed by atoms with Crippen LogP contribution in [0.3, 0.4) is 0 Å². The summed E-state index contributed by atoms with van der Waals surface area (Å²) in [5.41, 5.74) is 5.94. The molecule has 0 aromatic carbocycles. The number of nitrogens with two attached hydrogens (primary N) is 1. The van der Waals surface area contributed by atoms with E-state index in [0.29, 0.717) is 0 Å². The minimum absolute atomic E-state index is 0.00890. The van der Waals surface area contributed by atoms with Crippen LogP contribution in [0.4, 0.5) is 5.95 Å². The Hall–Kier alpha value is -3.23. The molecule has 1 fully saturated rings. The molecule has 1 saturated heterocycles. The second-order valence-corrected chi connectivity index (χ2v) is 8.14. The number of aliphatic hydroxyl groups is 1. The molecule has 0 amide bonds. The number of aryl methyl sites for hydroxylation is 1. The Kier molecular flexibility index (Phi) is 5.75. The molecule has 1 aliphatic rings. The first-order chi connectivity index (χ1) is 15.2. The van der Waals surface area contributed by atoms with Crippen LogP contribution in [0.5, 0.6) is 5.88 Å². The summed E-state index contributed by atoms with van der Waals surface area (Å²) < 4.78 is 28.0. The molecule has 0 aliphatic carbocycles. The molecule has 0 saturated carbocycles. The highest BCUT2D eigenvalue weighted by Crippen LogP contribution is 2.38. The zero-order chi connectivity index (χ0) is 23.2. The van der Waals surface area contributed by atoms with Crippen molar-refractivity contribution in [1.29, 1.82) is 0 Å². The standard InChI is InChI=1S/C18H20N4O9S/c1-6-9(4-23)30-15(11(6)29-8(3)24)22-13-12(32-17(22)25)14(21-16(19)20-13)27-5-10-7(2)28-18(26)31-10/h6,9,11,15,23H,4-5H2,1-3H3,(H2,19,20,21)/t6-,9-,11-,15-/m1/s1. The predicted molar refractivity (Wildman–Crippen MR) is 108 cm³/mol. The van der Waals surface area contributed by atoms with Crippen LogP contribution >= 0.6 is 11.3 Å². The van der Waals surface area contributed by atoms with Crippen molar-refractivity contribution in [1.82, 2.24) is 14.5 Å². The van der Waals surface area contributed by atoms with Gasteiger partial charge in [-0.15, -0.1) is 0 Å². The molecular weight excluding hydrogens is 448 g/mol. The molecule has 4 rings (SSSR count). The Morgan fingerprint density at radius 1 is 1.31 bits per heavy atom. The van der Waals surface area contributed by atoms with Crippen LogP contribution in [-0.4, -0.2) is 44.4 Å². The first-order valence-corrected chi connectivity index (χ1v) is 10.4. The lowest BCUT2D eigenvalue weighted by Crippen LogP contribution is -2.33. The molecule has 13 nitrogen and oxygen atoms in total. The fourth-order valence-electron chi connectivity index (χ4n) is 3.50. The van der Waals surface area contributed by atoms with Gasteiger partial charge in [0, 0.05) is 12.8 Å². The van der Waals surface area contributed by atoms with Gasteiger partial charge in [0.1, 0.15) is 4.70 Å². The first-order valence-electron chi connectivity index (χ1n) is 9.54. The quantitative estimate of drug-likeness (QED) is 0.473. The fraction of sp³-hybridized carbons (Fsp3) is 0.500. The van der Waals surface area contributed by atoms with E-state index >= 15 is 0 Å². The van der Waals surface area contributed by atoms with Gasteiger partial charge in [-0.2, -0.15) is 9.97 Å². The SMILES string of the molecule is CC(=O)O[C@@H]1[C@H](C)[C@@H](CO)O[C@H]1n1c(=O)sc2c(OCc3oc(=O)oc3C)nc(N)nc21. The minimum Gasteiger partial charge on any atom is -0.468 e. The number of thiazole rings is 1. The normalized spacial score (nSPS) is 23.0. The van der Waals surface area contributed by atoms with Crippen molar-refractivity contribution in [3.05, 3.63) is 31.8 Å². The molecule has 172 valence electrons. The lowest BCUT2D eigenvalue weighted by molar-refractivity contribution is -0.153. The van der Waals surface area contributed by atoms with Gasteiger partial charge >= 0.3 is 16.7 Å². The number of rotatable bonds is 6. The number of fused-ring (bicyclic) bond motifs is 1. The summed E-state index contributed by atoms with van der Waals surface area (Å²) in [5.74, 6) is -1.61. The van der Waals surface area contributed by atoms with Crippen LogP contribution in [0.2, 0.25) is 0 Å². The highest BCUT2D eigenvalue weighted by molar-refractivity contribution is 7.16. The highest BCUT2D eigenvalue weighted by Gasteiger charge is 2.46. The highest BCUT2D eigenvalue weighted by atomic mass is 32.1. The summed E-state index contributed by atoms with van der Waals surface area (Å²) in [7, 11) is 0. The van der Waals surface area contributed by atoms with E-state index in [2.05, 4.69) is 9.97 Å². The number of anilines is 1. The summed E-state index contributed by atoms with van der Waals surface area (Å²) in [6, 6.07) is 0. The molecule has 3 N–H and O–H groups in total. The Morgan fingerprint density at radius 3 is 2.69 bits per heavy atom. The van der Waals surface area contributed by atoms with Crippen molar-refractivity contribution in [2.75, 3.05) is 12.3 Å². The second kappa shape index (κ2) is 8.37. The maximum absolute atomic E-state index is 12.9. The van der Waals surface area contributed by atoms with Gasteiger partial charge in [-0.25, -0.2) is 4.79 Å². The lowest BCUT2D eigenvalue weighted by Gasteiger charge is -2.21. The summed E-state index contributed by atoms with van der Waals surface area (Å²) in [4.78, 5) is 43.5. The van der Waals surface area contributed by atoms with E-state index in [0.717, 1.165) is 11.3 Å². The number of hydrogen-bond donors (Lipinski definition) is 2. The van der Waals surface area contributed by atoms with E-state index in [1.165, 1.54) is 18.4 Å². The van der Waals surface area contributed by atoms with Crippen LogP contribution < -0.4 is 21.2 Å². The number of hydrogen-bond acceptors (Lipinski definition) is 13. The number of ether oxygens (including phenoxy) is 3. The molecule has 4 heterocycles. The lowest BCUT2D eigenvalue weighted by atomic mass is 10.0. The minimum atomic E-state index is -1.04. The van der Waals surface area contributed by atoms with Gasteiger partial charge in [0.25, 0.3) is 0 Å². The van der Waals surface area contributed by atoms with E-state index in [4.69, 9.17) is 28.8 Å². The summed E-state index contributed by atoms with van der Waals surface area (Å²) >= 11 is 0.780. The van der Waals surface area contributed by atoms with Crippen molar-refractivity contribution in [3.63, 3.8) is 0 Å². The third kappa shape index (κ3) is 3.87. The van der Waals surface area contributed by atoms with Crippen LogP contribution in [-0.2, 0) is 20.9 Å². The molecule has 0 spiro atoms. The van der Waals surface area contributed by atoms with Gasteiger partial charge in [0.15, 0.2) is 36.1 Å². The summed E-state index contributed by atoms with van der Waals surface area (Å²) in [6.07, 6.45) is -2.54. The monoisotopic (exact) mass is 468 g/mol. The van der Waals surface area contributed by atoms with Crippen LogP contribution in [0, 0.1) is 12.8 Å². The molecule has 1 aliphatic heterocycles. The maximum atomic E-state index is 12.9. The number of carbonyl (C=O) groups is 1. The third-order valence-electron chi connectivity index (χ3n) is 5.06. The zero-order valence-electron chi connectivity index (χ0n) is 17.3. The number of esters is 1. The number of aromatic nitrogens is 3. The smallest absolute Gasteiger partial charge is 0.468 e. The molecule has 3 aromatic heterocycles. The van der Waals surface area contributed by atoms with Crippen molar-refractivity contribution in [3.8, 4) is 5.88 Å². The second-order valence-electron chi connectivity index (χ2n) is 7.18. The topological polar surface area (TPSA) is 182 Å². The number of carbonyl (C=O) groups excluding carboxylic acids is 1.